The second-order valence-electron chi connectivity index (χ2n) is 5.84. The molecule has 3 aliphatic rings. The molecule has 0 aromatic heterocycles. The van der Waals surface area contributed by atoms with Crippen LogP contribution in [0.2, 0.25) is 0 Å². The second kappa shape index (κ2) is 2.28. The third kappa shape index (κ3) is 0.842. The lowest BCUT2D eigenvalue weighted by Gasteiger charge is -2.25. The van der Waals surface area contributed by atoms with Crippen molar-refractivity contribution in [2.75, 3.05) is 0 Å². The van der Waals surface area contributed by atoms with Crippen molar-refractivity contribution in [1.82, 2.24) is 0 Å². The van der Waals surface area contributed by atoms with E-state index in [0.717, 1.165) is 12.8 Å². The van der Waals surface area contributed by atoms with E-state index < -0.39 is 4.33 Å². The summed E-state index contributed by atoms with van der Waals surface area (Å²) in [6.07, 6.45) is 2.55. The van der Waals surface area contributed by atoms with Crippen molar-refractivity contribution in [3.63, 3.8) is 0 Å². The molecule has 0 N–H and O–H groups in total. The molecule has 0 aromatic rings. The molecule has 1 heterocycles. The van der Waals surface area contributed by atoms with Gasteiger partial charge in [0.1, 0.15) is 4.33 Å². The van der Waals surface area contributed by atoms with E-state index in [2.05, 4.69) is 20.8 Å². The molecule has 0 radical (unpaired) electrons. The molecule has 0 unspecified atom stereocenters. The van der Waals surface area contributed by atoms with Crippen molar-refractivity contribution in [1.29, 1.82) is 0 Å². The normalized spacial score (nSPS) is 56.8. The summed E-state index contributed by atoms with van der Waals surface area (Å²) in [4.78, 5) is 0. The minimum absolute atomic E-state index is 0.0143. The smallest absolute Gasteiger partial charge is 0.130 e. The quantitative estimate of drug-likeness (QED) is 0.585. The van der Waals surface area contributed by atoms with Crippen LogP contribution >= 0.6 is 23.2 Å². The summed E-state index contributed by atoms with van der Waals surface area (Å²) >= 11 is 12.7. The molecule has 3 fully saturated rings. The number of halogens is 2. The van der Waals surface area contributed by atoms with Gasteiger partial charge in [-0.15, -0.1) is 23.2 Å². The highest BCUT2D eigenvalue weighted by atomic mass is 35.5. The van der Waals surface area contributed by atoms with Crippen LogP contribution in [0.25, 0.3) is 0 Å². The Bertz CT molecular complexity index is 300. The zero-order chi connectivity index (χ0) is 10.4. The monoisotopic (exact) mass is 234 g/mol. The van der Waals surface area contributed by atoms with Crippen molar-refractivity contribution < 1.29 is 4.74 Å². The predicted molar refractivity (Wildman–Crippen MR) is 57.7 cm³/mol. The Morgan fingerprint density at radius 2 is 1.79 bits per heavy atom. The average Bonchev–Trinajstić information content (AvgIpc) is 2.39. The average molecular weight is 235 g/mol. The highest BCUT2D eigenvalue weighted by Gasteiger charge is 2.80. The fraction of sp³-hybridized carbons (Fsp3) is 1.00. The van der Waals surface area contributed by atoms with Crippen LogP contribution in [0.1, 0.15) is 33.6 Å². The van der Waals surface area contributed by atoms with Gasteiger partial charge < -0.3 is 4.74 Å². The zero-order valence-electron chi connectivity index (χ0n) is 8.81. The van der Waals surface area contributed by atoms with Gasteiger partial charge in [-0.3, -0.25) is 0 Å². The van der Waals surface area contributed by atoms with E-state index in [0.29, 0.717) is 11.8 Å². The Hall–Kier alpha value is 0.540. The molecule has 3 heteroatoms. The second-order valence-corrected chi connectivity index (χ2v) is 7.22. The molecule has 2 bridgehead atoms. The molecule has 80 valence electrons. The summed E-state index contributed by atoms with van der Waals surface area (Å²) in [6, 6.07) is 0. The lowest BCUT2D eigenvalue weighted by atomic mass is 9.77. The number of hydrogen-bond donors (Lipinski definition) is 0. The number of ether oxygens (including phenoxy) is 1. The lowest BCUT2D eigenvalue weighted by Crippen LogP contribution is -2.28. The molecule has 2 saturated carbocycles. The SMILES string of the molecule is CC1(C)O[C@H]2C[C@H]1C[C@H]1C(Cl)(Cl)[C@@]21C. The molecule has 2 aliphatic carbocycles. The minimum atomic E-state index is -0.525. The predicted octanol–water partition coefficient (Wildman–Crippen LogP) is 3.38. The standard InChI is InChI=1S/C11H16Cl2O/c1-9(2)6-4-7-10(3,11(7,12)13)8(5-6)14-9/h6-8H,4-5H2,1-3H3/t6-,7-,8+,10-/m1/s1. The molecule has 1 saturated heterocycles. The highest BCUT2D eigenvalue weighted by molar-refractivity contribution is 6.52. The highest BCUT2D eigenvalue weighted by Crippen LogP contribution is 2.78. The van der Waals surface area contributed by atoms with Crippen LogP contribution in [0.3, 0.4) is 0 Å². The van der Waals surface area contributed by atoms with Gasteiger partial charge in [0.05, 0.1) is 11.7 Å². The van der Waals surface area contributed by atoms with Crippen molar-refractivity contribution in [3.05, 3.63) is 0 Å². The van der Waals surface area contributed by atoms with Gasteiger partial charge in [0, 0.05) is 11.3 Å². The number of alkyl halides is 2. The van der Waals surface area contributed by atoms with Gasteiger partial charge >= 0.3 is 0 Å². The third-order valence-corrected chi connectivity index (χ3v) is 6.25. The molecular weight excluding hydrogens is 219 g/mol. The van der Waals surface area contributed by atoms with Gasteiger partial charge in [0.15, 0.2) is 0 Å². The van der Waals surface area contributed by atoms with Crippen LogP contribution < -0.4 is 0 Å². The van der Waals surface area contributed by atoms with Crippen LogP contribution in [-0.2, 0) is 4.74 Å². The summed E-state index contributed by atoms with van der Waals surface area (Å²) < 4.78 is 5.57. The Kier molecular flexibility index (Phi) is 1.59. The fourth-order valence-corrected chi connectivity index (χ4v) is 4.58. The van der Waals surface area contributed by atoms with E-state index in [-0.39, 0.29) is 17.1 Å². The van der Waals surface area contributed by atoms with E-state index in [1.165, 1.54) is 0 Å². The molecule has 3 rings (SSSR count). The van der Waals surface area contributed by atoms with Crippen molar-refractivity contribution in [3.8, 4) is 0 Å². The first kappa shape index (κ1) is 9.74. The molecule has 14 heavy (non-hydrogen) atoms. The van der Waals surface area contributed by atoms with E-state index in [4.69, 9.17) is 27.9 Å². The lowest BCUT2D eigenvalue weighted by molar-refractivity contribution is -0.0485. The fourth-order valence-electron chi connectivity index (χ4n) is 3.55. The molecule has 0 spiro atoms. The number of fused-ring (bicyclic) bond motifs is 4. The summed E-state index contributed by atoms with van der Waals surface area (Å²) in [5.41, 5.74) is 0.0470. The largest absolute Gasteiger partial charge is 0.371 e. The Balaban J connectivity index is 1.96. The van der Waals surface area contributed by atoms with Crippen LogP contribution in [0.5, 0.6) is 0 Å². The number of hydrogen-bond acceptors (Lipinski definition) is 1. The van der Waals surface area contributed by atoms with E-state index in [1.54, 1.807) is 0 Å². The first-order valence-corrected chi connectivity index (χ1v) is 6.11. The Morgan fingerprint density at radius 1 is 1.14 bits per heavy atom. The van der Waals surface area contributed by atoms with E-state index in [9.17, 15) is 0 Å². The Labute approximate surface area is 95.1 Å². The molecular formula is C11H16Cl2O. The summed E-state index contributed by atoms with van der Waals surface area (Å²) in [5, 5.41) is 0. The van der Waals surface area contributed by atoms with E-state index >= 15 is 0 Å². The van der Waals surface area contributed by atoms with Gasteiger partial charge in [-0.05, 0) is 32.6 Å². The maximum absolute atomic E-state index is 6.33. The maximum atomic E-state index is 6.33. The van der Waals surface area contributed by atoms with Crippen molar-refractivity contribution >= 4 is 23.2 Å². The van der Waals surface area contributed by atoms with Crippen LogP contribution in [0, 0.1) is 17.3 Å². The molecule has 0 aromatic carbocycles. The van der Waals surface area contributed by atoms with Gasteiger partial charge in [-0.25, -0.2) is 0 Å². The van der Waals surface area contributed by atoms with Crippen molar-refractivity contribution in [2.24, 2.45) is 17.3 Å². The molecule has 1 aliphatic heterocycles. The minimum Gasteiger partial charge on any atom is -0.371 e. The Morgan fingerprint density at radius 3 is 2.43 bits per heavy atom. The van der Waals surface area contributed by atoms with Crippen LogP contribution in [0.4, 0.5) is 0 Å². The van der Waals surface area contributed by atoms with Gasteiger partial charge in [-0.2, -0.15) is 0 Å². The summed E-state index contributed by atoms with van der Waals surface area (Å²) in [6.45, 7) is 6.56. The first-order chi connectivity index (χ1) is 6.30. The molecule has 1 nitrogen and oxygen atoms in total. The third-order valence-electron chi connectivity index (χ3n) is 4.91. The van der Waals surface area contributed by atoms with E-state index in [1.807, 2.05) is 0 Å². The van der Waals surface area contributed by atoms with Gasteiger partial charge in [0.25, 0.3) is 0 Å². The van der Waals surface area contributed by atoms with Crippen LogP contribution in [-0.4, -0.2) is 16.0 Å². The maximum Gasteiger partial charge on any atom is 0.130 e. The number of rotatable bonds is 0. The van der Waals surface area contributed by atoms with Gasteiger partial charge in [-0.1, -0.05) is 6.92 Å². The van der Waals surface area contributed by atoms with Crippen molar-refractivity contribution in [2.45, 2.75) is 49.7 Å². The van der Waals surface area contributed by atoms with Gasteiger partial charge in [0.2, 0.25) is 0 Å². The molecule has 0 amide bonds. The first-order valence-electron chi connectivity index (χ1n) is 5.36. The topological polar surface area (TPSA) is 9.23 Å². The zero-order valence-corrected chi connectivity index (χ0v) is 10.3. The van der Waals surface area contributed by atoms with Crippen LogP contribution in [0.15, 0.2) is 0 Å². The summed E-state index contributed by atoms with van der Waals surface area (Å²) in [5.74, 6) is 1.09. The summed E-state index contributed by atoms with van der Waals surface area (Å²) in [7, 11) is 0. The molecule has 4 atom stereocenters.